The molecule has 0 saturated heterocycles. The maximum atomic E-state index is 12.0. The van der Waals surface area contributed by atoms with Crippen LogP contribution < -0.4 is 11.1 Å². The minimum Gasteiger partial charge on any atom is -0.399 e. The highest BCUT2D eigenvalue weighted by Gasteiger charge is 2.12. The van der Waals surface area contributed by atoms with Crippen molar-refractivity contribution in [2.75, 3.05) is 5.73 Å². The van der Waals surface area contributed by atoms with E-state index in [0.29, 0.717) is 11.4 Å². The smallest absolute Gasteiger partial charge is 0.270 e. The Morgan fingerprint density at radius 1 is 1.26 bits per heavy atom. The number of amides is 1. The maximum absolute atomic E-state index is 12.0. The molecule has 4 nitrogen and oxygen atoms in total. The number of nitrogen functional groups attached to an aromatic ring is 1. The van der Waals surface area contributed by atoms with Crippen LogP contribution in [0.1, 0.15) is 34.6 Å². The second-order valence-electron chi connectivity index (χ2n) is 4.58. The van der Waals surface area contributed by atoms with E-state index in [-0.39, 0.29) is 11.9 Å². The van der Waals surface area contributed by atoms with Crippen LogP contribution in [0.3, 0.4) is 0 Å². The minimum atomic E-state index is -0.222. The molecule has 1 aromatic heterocycles. The first kappa shape index (κ1) is 13.1. The number of hydrogen-bond donors (Lipinski definition) is 2. The van der Waals surface area contributed by atoms with Gasteiger partial charge < -0.3 is 11.1 Å². The summed E-state index contributed by atoms with van der Waals surface area (Å²) in [5, 5.41) is 2.90. The molecule has 19 heavy (non-hydrogen) atoms. The van der Waals surface area contributed by atoms with Gasteiger partial charge in [0.2, 0.25) is 0 Å². The van der Waals surface area contributed by atoms with Crippen LogP contribution in [0.15, 0.2) is 42.6 Å². The van der Waals surface area contributed by atoms with Crippen molar-refractivity contribution in [1.82, 2.24) is 10.3 Å². The lowest BCUT2D eigenvalue weighted by Crippen LogP contribution is -2.27. The zero-order chi connectivity index (χ0) is 13.8. The molecule has 1 amide bonds. The van der Waals surface area contributed by atoms with Crippen molar-refractivity contribution in [1.29, 1.82) is 0 Å². The third-order valence-corrected chi connectivity index (χ3v) is 2.94. The highest BCUT2D eigenvalue weighted by Crippen LogP contribution is 2.14. The van der Waals surface area contributed by atoms with Crippen LogP contribution >= 0.6 is 0 Å². The summed E-state index contributed by atoms with van der Waals surface area (Å²) in [7, 11) is 0. The molecule has 0 fully saturated rings. The van der Waals surface area contributed by atoms with E-state index in [2.05, 4.69) is 10.3 Å². The number of nitrogens with zero attached hydrogens (tertiary/aromatic N) is 1. The van der Waals surface area contributed by atoms with Gasteiger partial charge in [0.1, 0.15) is 5.69 Å². The Morgan fingerprint density at radius 3 is 2.58 bits per heavy atom. The molecule has 0 saturated carbocycles. The van der Waals surface area contributed by atoms with Gasteiger partial charge in [-0.05, 0) is 31.5 Å². The van der Waals surface area contributed by atoms with E-state index in [4.69, 9.17) is 5.73 Å². The molecule has 4 heteroatoms. The summed E-state index contributed by atoms with van der Waals surface area (Å²) in [6.45, 7) is 3.97. The van der Waals surface area contributed by atoms with Gasteiger partial charge in [0.15, 0.2) is 0 Å². The Hall–Kier alpha value is -2.36. The van der Waals surface area contributed by atoms with Crippen molar-refractivity contribution in [3.05, 3.63) is 59.4 Å². The molecule has 0 radical (unpaired) electrons. The van der Waals surface area contributed by atoms with Gasteiger partial charge in [-0.1, -0.05) is 29.8 Å². The standard InChI is InChI=1S/C15H17N3O/c1-10-3-5-12(6-4-10)11(2)18-15(19)14-9-13(16)7-8-17-14/h3-9,11H,1-2H3,(H2,16,17)(H,18,19). The fourth-order valence-corrected chi connectivity index (χ4v) is 1.78. The van der Waals surface area contributed by atoms with Crippen LogP contribution in [0, 0.1) is 6.92 Å². The quantitative estimate of drug-likeness (QED) is 0.885. The second-order valence-corrected chi connectivity index (χ2v) is 4.58. The molecular weight excluding hydrogens is 238 g/mol. The van der Waals surface area contributed by atoms with Gasteiger partial charge in [0, 0.05) is 11.9 Å². The molecule has 1 unspecified atom stereocenters. The molecule has 0 aliphatic heterocycles. The van der Waals surface area contributed by atoms with Crippen molar-refractivity contribution in [2.45, 2.75) is 19.9 Å². The van der Waals surface area contributed by atoms with Gasteiger partial charge >= 0.3 is 0 Å². The SMILES string of the molecule is Cc1ccc(C(C)NC(=O)c2cc(N)ccn2)cc1. The number of carbonyl (C=O) groups excluding carboxylic acids is 1. The Morgan fingerprint density at radius 2 is 1.95 bits per heavy atom. The summed E-state index contributed by atoms with van der Waals surface area (Å²) in [4.78, 5) is 16.0. The lowest BCUT2D eigenvalue weighted by atomic mass is 10.1. The number of hydrogen-bond acceptors (Lipinski definition) is 3. The van der Waals surface area contributed by atoms with Gasteiger partial charge in [-0.15, -0.1) is 0 Å². The monoisotopic (exact) mass is 255 g/mol. The predicted molar refractivity (Wildman–Crippen MR) is 75.7 cm³/mol. The fourth-order valence-electron chi connectivity index (χ4n) is 1.78. The van der Waals surface area contributed by atoms with Crippen molar-refractivity contribution < 1.29 is 4.79 Å². The Balaban J connectivity index is 2.08. The summed E-state index contributed by atoms with van der Waals surface area (Å²) in [6, 6.07) is 11.2. The number of carbonyl (C=O) groups is 1. The van der Waals surface area contributed by atoms with Crippen LogP contribution in [-0.4, -0.2) is 10.9 Å². The molecule has 98 valence electrons. The Labute approximate surface area is 112 Å². The number of anilines is 1. The summed E-state index contributed by atoms with van der Waals surface area (Å²) in [5.74, 6) is -0.222. The molecular formula is C15H17N3O. The van der Waals surface area contributed by atoms with E-state index in [0.717, 1.165) is 5.56 Å². The molecule has 0 aliphatic carbocycles. The van der Waals surface area contributed by atoms with Crippen LogP contribution in [0.4, 0.5) is 5.69 Å². The predicted octanol–water partition coefficient (Wildman–Crippen LogP) is 2.46. The first-order valence-corrected chi connectivity index (χ1v) is 6.15. The number of aromatic nitrogens is 1. The maximum Gasteiger partial charge on any atom is 0.270 e. The van der Waals surface area contributed by atoms with E-state index in [1.807, 2.05) is 38.1 Å². The first-order valence-electron chi connectivity index (χ1n) is 6.15. The van der Waals surface area contributed by atoms with E-state index < -0.39 is 0 Å². The first-order chi connectivity index (χ1) is 9.06. The summed E-state index contributed by atoms with van der Waals surface area (Å²) >= 11 is 0. The van der Waals surface area contributed by atoms with E-state index in [9.17, 15) is 4.79 Å². The largest absolute Gasteiger partial charge is 0.399 e. The zero-order valence-electron chi connectivity index (χ0n) is 11.1. The van der Waals surface area contributed by atoms with Crippen molar-refractivity contribution in [3.8, 4) is 0 Å². The number of benzene rings is 1. The van der Waals surface area contributed by atoms with Crippen LogP contribution in [0.2, 0.25) is 0 Å². The number of pyridine rings is 1. The normalized spacial score (nSPS) is 11.9. The van der Waals surface area contributed by atoms with Crippen molar-refractivity contribution >= 4 is 11.6 Å². The highest BCUT2D eigenvalue weighted by molar-refractivity contribution is 5.93. The topological polar surface area (TPSA) is 68.0 Å². The van der Waals surface area contributed by atoms with Gasteiger partial charge in [0.05, 0.1) is 6.04 Å². The Bertz CT molecular complexity index is 578. The van der Waals surface area contributed by atoms with Gasteiger partial charge in [-0.25, -0.2) is 0 Å². The molecule has 2 rings (SSSR count). The van der Waals surface area contributed by atoms with Crippen LogP contribution in [-0.2, 0) is 0 Å². The van der Waals surface area contributed by atoms with E-state index in [1.165, 1.54) is 11.8 Å². The summed E-state index contributed by atoms with van der Waals surface area (Å²) in [6.07, 6.45) is 1.53. The molecule has 0 bridgehead atoms. The lowest BCUT2D eigenvalue weighted by molar-refractivity contribution is 0.0935. The van der Waals surface area contributed by atoms with Gasteiger partial charge in [-0.3, -0.25) is 9.78 Å². The van der Waals surface area contributed by atoms with Crippen LogP contribution in [0.5, 0.6) is 0 Å². The molecule has 1 aromatic carbocycles. The second kappa shape index (κ2) is 5.52. The zero-order valence-corrected chi connectivity index (χ0v) is 11.1. The van der Waals surface area contributed by atoms with Gasteiger partial charge in [-0.2, -0.15) is 0 Å². The number of nitrogens with one attached hydrogen (secondary N) is 1. The van der Waals surface area contributed by atoms with E-state index in [1.54, 1.807) is 12.1 Å². The van der Waals surface area contributed by atoms with Gasteiger partial charge in [0.25, 0.3) is 5.91 Å². The highest BCUT2D eigenvalue weighted by atomic mass is 16.1. The molecule has 1 heterocycles. The molecule has 2 aromatic rings. The minimum absolute atomic E-state index is 0.0728. The fraction of sp³-hybridized carbons (Fsp3) is 0.200. The van der Waals surface area contributed by atoms with Crippen molar-refractivity contribution in [2.24, 2.45) is 0 Å². The van der Waals surface area contributed by atoms with E-state index >= 15 is 0 Å². The van der Waals surface area contributed by atoms with Crippen LogP contribution in [0.25, 0.3) is 0 Å². The molecule has 0 spiro atoms. The average molecular weight is 255 g/mol. The Kier molecular flexibility index (Phi) is 3.80. The number of nitrogens with two attached hydrogens (primary N) is 1. The summed E-state index contributed by atoms with van der Waals surface area (Å²) in [5.41, 5.74) is 8.75. The number of rotatable bonds is 3. The summed E-state index contributed by atoms with van der Waals surface area (Å²) < 4.78 is 0. The number of aryl methyl sites for hydroxylation is 1. The van der Waals surface area contributed by atoms with Crippen molar-refractivity contribution in [3.63, 3.8) is 0 Å². The molecule has 1 atom stereocenters. The lowest BCUT2D eigenvalue weighted by Gasteiger charge is -2.14. The third kappa shape index (κ3) is 3.31. The molecule has 0 aliphatic rings. The third-order valence-electron chi connectivity index (χ3n) is 2.94. The average Bonchev–Trinajstić information content (AvgIpc) is 2.39. The molecule has 3 N–H and O–H groups in total.